The van der Waals surface area contributed by atoms with E-state index in [0.717, 1.165) is 12.0 Å². The number of hydrogen-bond acceptors (Lipinski definition) is 7. The number of aromatic nitrogens is 2. The van der Waals surface area contributed by atoms with Crippen LogP contribution < -0.4 is 11.2 Å². The first-order valence-corrected chi connectivity index (χ1v) is 10.2. The number of nitrogens with zero attached hydrogens (tertiary/aromatic N) is 1. The third-order valence-corrected chi connectivity index (χ3v) is 5.80. The van der Waals surface area contributed by atoms with E-state index in [9.17, 15) is 14.5 Å². The van der Waals surface area contributed by atoms with Crippen molar-refractivity contribution in [1.29, 1.82) is 0 Å². The van der Waals surface area contributed by atoms with Gasteiger partial charge in [0.15, 0.2) is 5.76 Å². The van der Waals surface area contributed by atoms with Gasteiger partial charge in [0.1, 0.15) is 19.4 Å². The van der Waals surface area contributed by atoms with Crippen molar-refractivity contribution in [2.24, 2.45) is 0 Å². The lowest BCUT2D eigenvalue weighted by atomic mass is 10.2. The Morgan fingerprint density at radius 3 is 3.00 bits per heavy atom. The van der Waals surface area contributed by atoms with E-state index >= 15 is 0 Å². The van der Waals surface area contributed by atoms with Crippen LogP contribution in [0.15, 0.2) is 57.5 Å². The zero-order chi connectivity index (χ0) is 18.9. The van der Waals surface area contributed by atoms with Gasteiger partial charge in [-0.1, -0.05) is 18.2 Å². The van der Waals surface area contributed by atoms with Gasteiger partial charge in [-0.3, -0.25) is 18.9 Å². The normalized spacial score (nSPS) is 30.1. The molecule has 27 heavy (non-hydrogen) atoms. The van der Waals surface area contributed by atoms with Crippen LogP contribution >= 0.6 is 8.17 Å². The summed E-state index contributed by atoms with van der Waals surface area (Å²) in [5, 5.41) is 0. The third-order valence-electron chi connectivity index (χ3n) is 4.44. The second-order valence-corrected chi connectivity index (χ2v) is 8.00. The maximum absolute atomic E-state index is 11.9. The molecule has 1 fully saturated rings. The number of H-pyrrole nitrogens is 1. The Morgan fingerprint density at radius 2 is 2.15 bits per heavy atom. The molecule has 3 heterocycles. The van der Waals surface area contributed by atoms with Gasteiger partial charge in [0.05, 0.1) is 6.10 Å². The van der Waals surface area contributed by atoms with Crippen LogP contribution in [-0.2, 0) is 18.3 Å². The molecule has 1 saturated heterocycles. The van der Waals surface area contributed by atoms with Crippen LogP contribution in [0.3, 0.4) is 0 Å². The molecule has 1 aliphatic carbocycles. The fraction of sp³-hybridized carbons (Fsp3) is 0.412. The number of rotatable bonds is 4. The Hall–Kier alpha value is -2.03. The summed E-state index contributed by atoms with van der Waals surface area (Å²) in [5.41, 5.74) is -0.123. The Morgan fingerprint density at radius 1 is 1.30 bits per heavy atom. The molecule has 0 saturated carbocycles. The summed E-state index contributed by atoms with van der Waals surface area (Å²) in [6.45, 7) is 0.280. The van der Waals surface area contributed by atoms with E-state index in [1.165, 1.54) is 16.8 Å². The fourth-order valence-electron chi connectivity index (χ4n) is 3.07. The highest BCUT2D eigenvalue weighted by Crippen LogP contribution is 2.62. The zero-order valence-electron chi connectivity index (χ0n) is 14.4. The average Bonchev–Trinajstić information content (AvgIpc) is 2.98. The number of ether oxygens (including phenoxy) is 1. The molecule has 9 nitrogen and oxygen atoms in total. The molecule has 0 spiro atoms. The largest absolute Gasteiger partial charge is 0.619 e. The number of allylic oxidation sites excluding steroid dienone is 3. The topological polar surface area (TPSA) is 112 Å². The van der Waals surface area contributed by atoms with Crippen molar-refractivity contribution in [3.8, 4) is 0 Å². The van der Waals surface area contributed by atoms with Gasteiger partial charge < -0.3 is 4.74 Å². The van der Waals surface area contributed by atoms with Crippen LogP contribution in [0.25, 0.3) is 0 Å². The van der Waals surface area contributed by atoms with E-state index < -0.39 is 25.6 Å². The van der Waals surface area contributed by atoms with Crippen molar-refractivity contribution in [2.75, 3.05) is 13.2 Å². The van der Waals surface area contributed by atoms with Crippen LogP contribution in [0.1, 0.15) is 25.5 Å². The molecule has 0 amide bonds. The SMILES string of the molecule is O=c1ccn(C2CCC(CO[P+]3(O)OCC4=C(C=CCC=C4)O3)O2)c(=O)[nH]1. The minimum atomic E-state index is -3.47. The van der Waals surface area contributed by atoms with E-state index in [1.54, 1.807) is 6.08 Å². The summed E-state index contributed by atoms with van der Waals surface area (Å²) >= 11 is 0. The smallest absolute Gasteiger partial charge is 0.352 e. The Balaban J connectivity index is 1.36. The van der Waals surface area contributed by atoms with Crippen molar-refractivity contribution < 1.29 is 23.2 Å². The zero-order valence-corrected chi connectivity index (χ0v) is 15.3. The molecule has 3 unspecified atom stereocenters. The van der Waals surface area contributed by atoms with Crippen molar-refractivity contribution in [3.05, 3.63) is 68.7 Å². The van der Waals surface area contributed by atoms with E-state index in [4.69, 9.17) is 18.3 Å². The second kappa shape index (κ2) is 7.53. The Labute approximate surface area is 155 Å². The lowest BCUT2D eigenvalue weighted by Crippen LogP contribution is -2.31. The third kappa shape index (κ3) is 4.12. The van der Waals surface area contributed by atoms with E-state index in [1.807, 2.05) is 18.2 Å². The maximum atomic E-state index is 11.9. The van der Waals surface area contributed by atoms with Crippen LogP contribution in [0.5, 0.6) is 0 Å². The molecular weight excluding hydrogens is 375 g/mol. The van der Waals surface area contributed by atoms with Gasteiger partial charge in [-0.05, 0) is 25.3 Å². The van der Waals surface area contributed by atoms with E-state index in [-0.39, 0.29) is 19.3 Å². The molecule has 0 aromatic carbocycles. The molecule has 1 aromatic heterocycles. The molecule has 0 radical (unpaired) electrons. The van der Waals surface area contributed by atoms with Crippen LogP contribution in [0, 0.1) is 0 Å². The molecule has 144 valence electrons. The first-order valence-electron chi connectivity index (χ1n) is 8.66. The van der Waals surface area contributed by atoms with Gasteiger partial charge >= 0.3 is 13.9 Å². The lowest BCUT2D eigenvalue weighted by Gasteiger charge is -2.22. The highest BCUT2D eigenvalue weighted by molar-refractivity contribution is 7.55. The second-order valence-electron chi connectivity index (χ2n) is 6.37. The number of aromatic amines is 1. The molecule has 2 N–H and O–H groups in total. The highest BCUT2D eigenvalue weighted by Gasteiger charge is 2.51. The monoisotopic (exact) mass is 395 g/mol. The summed E-state index contributed by atoms with van der Waals surface area (Å²) in [5.74, 6) is 0.552. The van der Waals surface area contributed by atoms with E-state index in [2.05, 4.69) is 4.98 Å². The van der Waals surface area contributed by atoms with Crippen LogP contribution in [0.2, 0.25) is 0 Å². The van der Waals surface area contributed by atoms with Gasteiger partial charge in [0.25, 0.3) is 5.56 Å². The minimum absolute atomic E-state index is 0.0705. The molecule has 4 rings (SSSR count). The minimum Gasteiger partial charge on any atom is -0.352 e. The van der Waals surface area contributed by atoms with Gasteiger partial charge in [0, 0.05) is 17.8 Å². The maximum Gasteiger partial charge on any atom is 0.619 e. The van der Waals surface area contributed by atoms with Gasteiger partial charge in [-0.25, -0.2) is 4.79 Å². The summed E-state index contributed by atoms with van der Waals surface area (Å²) < 4.78 is 23.7. The van der Waals surface area contributed by atoms with Gasteiger partial charge in [-0.2, -0.15) is 4.89 Å². The van der Waals surface area contributed by atoms with Crippen molar-refractivity contribution in [1.82, 2.24) is 9.55 Å². The summed E-state index contributed by atoms with van der Waals surface area (Å²) in [7, 11) is -3.47. The van der Waals surface area contributed by atoms with Crippen molar-refractivity contribution in [3.63, 3.8) is 0 Å². The highest BCUT2D eigenvalue weighted by atomic mass is 31.2. The number of nitrogens with one attached hydrogen (secondary N) is 1. The fourth-order valence-corrected chi connectivity index (χ4v) is 4.34. The summed E-state index contributed by atoms with van der Waals surface area (Å²) in [4.78, 5) is 35.7. The quantitative estimate of drug-likeness (QED) is 0.747. The van der Waals surface area contributed by atoms with Crippen LogP contribution in [0.4, 0.5) is 0 Å². The molecule has 0 bridgehead atoms. The molecular formula is C17H20N2O7P+. The number of hydrogen-bond donors (Lipinski definition) is 2. The predicted octanol–water partition coefficient (Wildman–Crippen LogP) is 1.72. The molecule has 3 aliphatic rings. The van der Waals surface area contributed by atoms with Crippen molar-refractivity contribution in [2.45, 2.75) is 31.6 Å². The molecule has 3 atom stereocenters. The van der Waals surface area contributed by atoms with Gasteiger partial charge in [0.2, 0.25) is 0 Å². The first-order chi connectivity index (χ1) is 13.0. The first kappa shape index (κ1) is 18.3. The van der Waals surface area contributed by atoms with Crippen molar-refractivity contribution >= 4 is 8.17 Å². The standard InChI is InChI=1S/C17H19N2O7P/c20-15-8-9-19(17(21)18-15)16-7-6-13(25-16)11-24-27(22)23-10-12-4-2-1-3-5-14(12)26-27/h2-5,8-9,13,16,22H,1,6-7,10-11H2/p+1. The summed E-state index contributed by atoms with van der Waals surface area (Å²) in [6.07, 6.45) is 10.2. The summed E-state index contributed by atoms with van der Waals surface area (Å²) in [6, 6.07) is 1.27. The molecule has 2 aliphatic heterocycles. The van der Waals surface area contributed by atoms with Crippen LogP contribution in [-0.4, -0.2) is 33.8 Å². The van der Waals surface area contributed by atoms with Gasteiger partial charge in [-0.15, -0.1) is 9.05 Å². The lowest BCUT2D eigenvalue weighted by molar-refractivity contribution is -0.0308. The van der Waals surface area contributed by atoms with E-state index in [0.29, 0.717) is 18.6 Å². The molecule has 1 aromatic rings. The molecule has 10 heteroatoms. The predicted molar refractivity (Wildman–Crippen MR) is 96.5 cm³/mol. The Kier molecular flexibility index (Phi) is 5.12. The Bertz CT molecular complexity index is 918. The average molecular weight is 395 g/mol.